The minimum absolute atomic E-state index is 0.202. The third-order valence-corrected chi connectivity index (χ3v) is 10.5. The quantitative estimate of drug-likeness (QED) is 0.513. The molecule has 2 N–H and O–H groups in total. The van der Waals surface area contributed by atoms with E-state index in [0.717, 1.165) is 28.3 Å². The Bertz CT molecular complexity index is 999. The molecule has 3 rings (SSSR count). The summed E-state index contributed by atoms with van der Waals surface area (Å²) >= 11 is 6.51. The molecule has 1 aromatic carbocycles. The number of aromatic nitrogens is 2. The molecule has 0 aliphatic rings. The highest BCUT2D eigenvalue weighted by molar-refractivity contribution is 6.74. The average Bonchev–Trinajstić information content (AvgIpc) is 2.60. The maximum atomic E-state index is 6.51. The highest BCUT2D eigenvalue weighted by Gasteiger charge is 2.36. The van der Waals surface area contributed by atoms with Crippen LogP contribution in [0.5, 0.6) is 0 Å². The van der Waals surface area contributed by atoms with Crippen molar-refractivity contribution in [3.8, 4) is 11.1 Å². The lowest BCUT2D eigenvalue weighted by atomic mass is 9.98. The van der Waals surface area contributed by atoms with Crippen LogP contribution in [0.3, 0.4) is 0 Å². The van der Waals surface area contributed by atoms with Crippen molar-refractivity contribution in [2.45, 2.75) is 45.3 Å². The molecular weight excluding hydrogens is 386 g/mol. The maximum Gasteiger partial charge on any atom is 0.191 e. The lowest BCUT2D eigenvalue weighted by molar-refractivity contribution is 0.292. The van der Waals surface area contributed by atoms with Crippen LogP contribution in [0.15, 0.2) is 42.9 Å². The van der Waals surface area contributed by atoms with Crippen LogP contribution in [0.1, 0.15) is 26.3 Å². The van der Waals surface area contributed by atoms with Crippen LogP contribution < -0.4 is 5.73 Å². The smallest absolute Gasteiger partial charge is 0.191 e. The summed E-state index contributed by atoms with van der Waals surface area (Å²) in [6.07, 6.45) is 6.27. The molecule has 0 spiro atoms. The van der Waals surface area contributed by atoms with Gasteiger partial charge in [0.1, 0.15) is 5.82 Å². The van der Waals surface area contributed by atoms with Crippen molar-refractivity contribution in [2.75, 3.05) is 12.3 Å². The summed E-state index contributed by atoms with van der Waals surface area (Å²) in [5.74, 6) is 0.481. The lowest BCUT2D eigenvalue weighted by Gasteiger charge is -2.36. The van der Waals surface area contributed by atoms with Gasteiger partial charge in [-0.2, -0.15) is 0 Å². The summed E-state index contributed by atoms with van der Waals surface area (Å²) in [6.45, 7) is 12.0. The zero-order valence-corrected chi connectivity index (χ0v) is 19.0. The van der Waals surface area contributed by atoms with Gasteiger partial charge in [0.2, 0.25) is 0 Å². The Hall–Kier alpha value is -1.95. The van der Waals surface area contributed by atoms with Gasteiger partial charge in [-0.3, -0.25) is 4.98 Å². The summed E-state index contributed by atoms with van der Waals surface area (Å²) in [5, 5.41) is 2.73. The molecule has 0 saturated carbocycles. The zero-order chi connectivity index (χ0) is 20.5. The van der Waals surface area contributed by atoms with E-state index in [-0.39, 0.29) is 5.04 Å². The van der Waals surface area contributed by atoms with Crippen LogP contribution in [0.4, 0.5) is 5.82 Å². The van der Waals surface area contributed by atoms with Gasteiger partial charge < -0.3 is 10.2 Å². The predicted molar refractivity (Wildman–Crippen MR) is 121 cm³/mol. The summed E-state index contributed by atoms with van der Waals surface area (Å²) < 4.78 is 6.37. The maximum absolute atomic E-state index is 6.51. The van der Waals surface area contributed by atoms with Gasteiger partial charge in [-0.15, -0.1) is 0 Å². The SMILES string of the molecule is CC(C)(C)[Si](C)(C)OCCc1ccncc1-c1cc(Cl)c2cnc(N)cc2c1. The first kappa shape index (κ1) is 20.8. The molecule has 148 valence electrons. The van der Waals surface area contributed by atoms with E-state index in [0.29, 0.717) is 17.4 Å². The Morgan fingerprint density at radius 1 is 1.14 bits per heavy atom. The minimum atomic E-state index is -1.76. The fraction of sp³-hybridized carbons (Fsp3) is 0.364. The van der Waals surface area contributed by atoms with Crippen molar-refractivity contribution in [1.29, 1.82) is 0 Å². The number of rotatable bonds is 5. The number of benzene rings is 1. The van der Waals surface area contributed by atoms with Crippen molar-refractivity contribution in [3.05, 3.63) is 53.4 Å². The third-order valence-electron chi connectivity index (χ3n) is 5.67. The van der Waals surface area contributed by atoms with E-state index >= 15 is 0 Å². The number of hydrogen-bond acceptors (Lipinski definition) is 4. The molecule has 2 aromatic heterocycles. The topological polar surface area (TPSA) is 61.0 Å². The van der Waals surface area contributed by atoms with Gasteiger partial charge in [0.15, 0.2) is 8.32 Å². The second kappa shape index (κ2) is 7.82. The fourth-order valence-corrected chi connectivity index (χ4v) is 4.24. The van der Waals surface area contributed by atoms with E-state index in [2.05, 4.69) is 56.0 Å². The Morgan fingerprint density at radius 3 is 2.61 bits per heavy atom. The minimum Gasteiger partial charge on any atom is -0.416 e. The van der Waals surface area contributed by atoms with E-state index < -0.39 is 8.32 Å². The van der Waals surface area contributed by atoms with Crippen LogP contribution in [0.25, 0.3) is 21.9 Å². The highest BCUT2D eigenvalue weighted by atomic mass is 35.5. The number of anilines is 1. The summed E-state index contributed by atoms with van der Waals surface area (Å²) in [5.41, 5.74) is 9.15. The number of fused-ring (bicyclic) bond motifs is 1. The number of pyridine rings is 2. The second-order valence-corrected chi connectivity index (χ2v) is 13.9. The van der Waals surface area contributed by atoms with Crippen LogP contribution in [-0.2, 0) is 10.8 Å². The van der Waals surface area contributed by atoms with Crippen LogP contribution >= 0.6 is 11.6 Å². The monoisotopic (exact) mass is 413 g/mol. The number of nitrogens with two attached hydrogens (primary N) is 1. The molecule has 0 atom stereocenters. The van der Waals surface area contributed by atoms with Crippen molar-refractivity contribution >= 4 is 36.5 Å². The molecule has 0 aliphatic carbocycles. The molecule has 0 saturated heterocycles. The van der Waals surface area contributed by atoms with Gasteiger partial charge in [0.05, 0.1) is 5.02 Å². The normalized spacial score (nSPS) is 12.5. The first-order valence-corrected chi connectivity index (χ1v) is 12.8. The molecule has 0 fully saturated rings. The molecule has 0 radical (unpaired) electrons. The Balaban J connectivity index is 1.90. The molecule has 0 aliphatic heterocycles. The van der Waals surface area contributed by atoms with E-state index in [4.69, 9.17) is 21.8 Å². The first-order valence-electron chi connectivity index (χ1n) is 9.50. The van der Waals surface area contributed by atoms with Crippen molar-refractivity contribution in [3.63, 3.8) is 0 Å². The van der Waals surface area contributed by atoms with Gasteiger partial charge in [0.25, 0.3) is 0 Å². The Kier molecular flexibility index (Phi) is 5.80. The fourth-order valence-electron chi connectivity index (χ4n) is 2.92. The zero-order valence-electron chi connectivity index (χ0n) is 17.2. The molecule has 2 heterocycles. The summed E-state index contributed by atoms with van der Waals surface area (Å²) in [6, 6.07) is 7.97. The van der Waals surface area contributed by atoms with Crippen molar-refractivity contribution < 1.29 is 4.43 Å². The van der Waals surface area contributed by atoms with Gasteiger partial charge in [-0.05, 0) is 65.3 Å². The molecule has 4 nitrogen and oxygen atoms in total. The third kappa shape index (κ3) is 4.37. The largest absolute Gasteiger partial charge is 0.416 e. The van der Waals surface area contributed by atoms with Gasteiger partial charge in [-0.25, -0.2) is 4.98 Å². The molecule has 0 amide bonds. The van der Waals surface area contributed by atoms with E-state index in [1.54, 1.807) is 6.20 Å². The average molecular weight is 414 g/mol. The molecular formula is C22H28ClN3OSi. The molecule has 6 heteroatoms. The number of hydrogen-bond donors (Lipinski definition) is 1. The second-order valence-electron chi connectivity index (χ2n) is 8.68. The number of nitrogens with zero attached hydrogens (tertiary/aromatic N) is 2. The van der Waals surface area contributed by atoms with Gasteiger partial charge >= 0.3 is 0 Å². The molecule has 0 unspecified atom stereocenters. The molecule has 0 bridgehead atoms. The standard InChI is InChI=1S/C22H28ClN3OSi/c1-22(2,3)28(4,5)27-9-7-15-6-8-25-13-18(15)16-10-17-12-21(24)26-14-19(17)20(23)11-16/h6,8,10-14H,7,9H2,1-5H3,(H2,24,26). The first-order chi connectivity index (χ1) is 13.1. The van der Waals surface area contributed by atoms with E-state index in [9.17, 15) is 0 Å². The Morgan fingerprint density at radius 2 is 1.89 bits per heavy atom. The van der Waals surface area contributed by atoms with E-state index in [1.165, 1.54) is 5.56 Å². The van der Waals surface area contributed by atoms with Gasteiger partial charge in [-0.1, -0.05) is 32.4 Å². The summed E-state index contributed by atoms with van der Waals surface area (Å²) in [4.78, 5) is 8.47. The summed E-state index contributed by atoms with van der Waals surface area (Å²) in [7, 11) is -1.76. The Labute approximate surface area is 173 Å². The van der Waals surface area contributed by atoms with Gasteiger partial charge in [0, 0.05) is 36.1 Å². The predicted octanol–water partition coefficient (Wildman–Crippen LogP) is 6.10. The van der Waals surface area contributed by atoms with Crippen molar-refractivity contribution in [1.82, 2.24) is 9.97 Å². The highest BCUT2D eigenvalue weighted by Crippen LogP contribution is 2.37. The molecule has 28 heavy (non-hydrogen) atoms. The molecule has 3 aromatic rings. The lowest BCUT2D eigenvalue weighted by Crippen LogP contribution is -2.41. The number of halogens is 1. The van der Waals surface area contributed by atoms with Crippen LogP contribution in [-0.4, -0.2) is 24.9 Å². The van der Waals surface area contributed by atoms with Crippen molar-refractivity contribution in [2.24, 2.45) is 0 Å². The van der Waals surface area contributed by atoms with Crippen LogP contribution in [0, 0.1) is 0 Å². The van der Waals surface area contributed by atoms with Crippen LogP contribution in [0.2, 0.25) is 23.2 Å². The van der Waals surface area contributed by atoms with E-state index in [1.807, 2.05) is 24.5 Å². The number of nitrogen functional groups attached to an aromatic ring is 1.